The first-order valence-electron chi connectivity index (χ1n) is 6.47. The molecular formula is C17H16BrFO. The normalized spacial score (nSPS) is 10.6. The maximum Gasteiger partial charge on any atom is 0.141 e. The van der Waals surface area contributed by atoms with Gasteiger partial charge in [0.25, 0.3) is 0 Å². The number of ketones is 1. The Morgan fingerprint density at radius 3 is 2.50 bits per heavy atom. The Bertz CT molecular complexity index is 649. The van der Waals surface area contributed by atoms with Gasteiger partial charge < -0.3 is 0 Å². The summed E-state index contributed by atoms with van der Waals surface area (Å²) in [6, 6.07) is 10.7. The first-order valence-corrected chi connectivity index (χ1v) is 7.27. The first-order chi connectivity index (χ1) is 9.45. The zero-order valence-electron chi connectivity index (χ0n) is 11.5. The number of halogens is 2. The highest BCUT2D eigenvalue weighted by Crippen LogP contribution is 2.17. The molecule has 0 aromatic heterocycles. The summed E-state index contributed by atoms with van der Waals surface area (Å²) in [5.74, 6) is -0.313. The molecule has 0 heterocycles. The van der Waals surface area contributed by atoms with Crippen molar-refractivity contribution in [3.63, 3.8) is 0 Å². The molecule has 0 saturated carbocycles. The van der Waals surface area contributed by atoms with E-state index in [1.165, 1.54) is 17.2 Å². The van der Waals surface area contributed by atoms with E-state index in [1.54, 1.807) is 12.1 Å². The van der Waals surface area contributed by atoms with Gasteiger partial charge in [-0.05, 0) is 54.3 Å². The van der Waals surface area contributed by atoms with Crippen molar-refractivity contribution < 1.29 is 9.18 Å². The Hall–Kier alpha value is -1.48. The zero-order valence-corrected chi connectivity index (χ0v) is 13.1. The molecule has 3 heteroatoms. The van der Waals surface area contributed by atoms with E-state index in [0.717, 1.165) is 10.0 Å². The summed E-state index contributed by atoms with van der Waals surface area (Å²) in [4.78, 5) is 12.1. The number of rotatable bonds is 4. The summed E-state index contributed by atoms with van der Waals surface area (Å²) in [5.41, 5.74) is 3.80. The van der Waals surface area contributed by atoms with Crippen molar-refractivity contribution in [2.75, 3.05) is 0 Å². The molecule has 0 aliphatic heterocycles. The topological polar surface area (TPSA) is 17.1 Å². The van der Waals surface area contributed by atoms with Gasteiger partial charge in [-0.3, -0.25) is 4.79 Å². The van der Waals surface area contributed by atoms with Crippen molar-refractivity contribution in [2.45, 2.75) is 26.7 Å². The summed E-state index contributed by atoms with van der Waals surface area (Å²) in [6.07, 6.45) is 0.464. The molecule has 2 aromatic rings. The second kappa shape index (κ2) is 6.31. The quantitative estimate of drug-likeness (QED) is 0.801. The number of Topliss-reactive ketones (excluding diaryl/α,β-unsaturated/α-hetero) is 1. The SMILES string of the molecule is Cc1ccc(CC(=O)Cc2cc(Br)ccc2F)cc1C. The molecule has 0 aliphatic carbocycles. The second-order valence-electron chi connectivity index (χ2n) is 5.05. The van der Waals surface area contributed by atoms with Crippen LogP contribution in [0.25, 0.3) is 0 Å². The van der Waals surface area contributed by atoms with Crippen LogP contribution in [0.15, 0.2) is 40.9 Å². The fraction of sp³-hybridized carbons (Fsp3) is 0.235. The Morgan fingerprint density at radius 2 is 1.80 bits per heavy atom. The van der Waals surface area contributed by atoms with E-state index in [1.807, 2.05) is 32.0 Å². The molecule has 0 aliphatic rings. The molecule has 104 valence electrons. The number of aryl methyl sites for hydroxylation is 2. The van der Waals surface area contributed by atoms with Crippen LogP contribution in [-0.4, -0.2) is 5.78 Å². The van der Waals surface area contributed by atoms with Gasteiger partial charge in [0, 0.05) is 17.3 Å². The van der Waals surface area contributed by atoms with Gasteiger partial charge in [0.05, 0.1) is 0 Å². The molecule has 2 rings (SSSR count). The van der Waals surface area contributed by atoms with Crippen LogP contribution >= 0.6 is 15.9 Å². The van der Waals surface area contributed by atoms with Crippen LogP contribution in [0, 0.1) is 19.7 Å². The fourth-order valence-corrected chi connectivity index (χ4v) is 2.50. The van der Waals surface area contributed by atoms with E-state index in [0.29, 0.717) is 12.0 Å². The highest BCUT2D eigenvalue weighted by atomic mass is 79.9. The van der Waals surface area contributed by atoms with E-state index in [4.69, 9.17) is 0 Å². The van der Waals surface area contributed by atoms with E-state index in [2.05, 4.69) is 15.9 Å². The maximum atomic E-state index is 13.6. The maximum absolute atomic E-state index is 13.6. The van der Waals surface area contributed by atoms with Gasteiger partial charge in [0.15, 0.2) is 0 Å². The van der Waals surface area contributed by atoms with E-state index in [-0.39, 0.29) is 18.0 Å². The van der Waals surface area contributed by atoms with Gasteiger partial charge in [-0.1, -0.05) is 34.1 Å². The molecule has 1 nitrogen and oxygen atoms in total. The lowest BCUT2D eigenvalue weighted by Crippen LogP contribution is -2.08. The number of benzene rings is 2. The summed E-state index contributed by atoms with van der Waals surface area (Å²) in [7, 11) is 0. The van der Waals surface area contributed by atoms with Gasteiger partial charge in [-0.2, -0.15) is 0 Å². The average molecular weight is 335 g/mol. The number of carbonyl (C=O) groups is 1. The van der Waals surface area contributed by atoms with Gasteiger partial charge in [-0.15, -0.1) is 0 Å². The minimum atomic E-state index is -0.332. The van der Waals surface area contributed by atoms with E-state index < -0.39 is 0 Å². The Labute approximate surface area is 127 Å². The minimum Gasteiger partial charge on any atom is -0.299 e. The van der Waals surface area contributed by atoms with Gasteiger partial charge >= 0.3 is 0 Å². The van der Waals surface area contributed by atoms with Crippen LogP contribution in [-0.2, 0) is 17.6 Å². The lowest BCUT2D eigenvalue weighted by molar-refractivity contribution is -0.117. The van der Waals surface area contributed by atoms with Crippen LogP contribution < -0.4 is 0 Å². The lowest BCUT2D eigenvalue weighted by atomic mass is 9.99. The average Bonchev–Trinajstić information content (AvgIpc) is 2.38. The third-order valence-corrected chi connectivity index (χ3v) is 3.86. The molecule has 0 bridgehead atoms. The molecule has 2 aromatic carbocycles. The van der Waals surface area contributed by atoms with E-state index >= 15 is 0 Å². The predicted molar refractivity (Wildman–Crippen MR) is 82.4 cm³/mol. The Balaban J connectivity index is 2.09. The van der Waals surface area contributed by atoms with Crippen molar-refractivity contribution in [2.24, 2.45) is 0 Å². The molecule has 0 fully saturated rings. The van der Waals surface area contributed by atoms with Crippen molar-refractivity contribution in [3.05, 3.63) is 68.9 Å². The molecule has 0 saturated heterocycles. The molecule has 0 amide bonds. The molecule has 0 N–H and O–H groups in total. The minimum absolute atomic E-state index is 0.0188. The third-order valence-electron chi connectivity index (χ3n) is 3.37. The van der Waals surface area contributed by atoms with Crippen molar-refractivity contribution in [1.82, 2.24) is 0 Å². The monoisotopic (exact) mass is 334 g/mol. The molecule has 20 heavy (non-hydrogen) atoms. The van der Waals surface area contributed by atoms with Crippen LogP contribution in [0.5, 0.6) is 0 Å². The largest absolute Gasteiger partial charge is 0.299 e. The highest BCUT2D eigenvalue weighted by Gasteiger charge is 2.10. The number of hydrogen-bond acceptors (Lipinski definition) is 1. The first kappa shape index (κ1) is 14.9. The van der Waals surface area contributed by atoms with Crippen LogP contribution in [0.2, 0.25) is 0 Å². The number of hydrogen-bond donors (Lipinski definition) is 0. The van der Waals surface area contributed by atoms with Gasteiger partial charge in [-0.25, -0.2) is 4.39 Å². The van der Waals surface area contributed by atoms with Crippen molar-refractivity contribution in [3.8, 4) is 0 Å². The fourth-order valence-electron chi connectivity index (χ4n) is 2.09. The Morgan fingerprint density at radius 1 is 1.05 bits per heavy atom. The summed E-state index contributed by atoms with van der Waals surface area (Å²) in [6.45, 7) is 4.06. The summed E-state index contributed by atoms with van der Waals surface area (Å²) < 4.78 is 14.4. The van der Waals surface area contributed by atoms with E-state index in [9.17, 15) is 9.18 Å². The molecule has 0 unspecified atom stereocenters. The third kappa shape index (κ3) is 3.76. The molecular weight excluding hydrogens is 319 g/mol. The summed E-state index contributed by atoms with van der Waals surface area (Å²) in [5, 5.41) is 0. The molecule has 0 atom stereocenters. The second-order valence-corrected chi connectivity index (χ2v) is 5.96. The number of carbonyl (C=O) groups excluding carboxylic acids is 1. The smallest absolute Gasteiger partial charge is 0.141 e. The van der Waals surface area contributed by atoms with Crippen molar-refractivity contribution >= 4 is 21.7 Å². The van der Waals surface area contributed by atoms with Crippen LogP contribution in [0.4, 0.5) is 4.39 Å². The van der Waals surface area contributed by atoms with Gasteiger partial charge in [0.2, 0.25) is 0 Å². The van der Waals surface area contributed by atoms with Crippen LogP contribution in [0.3, 0.4) is 0 Å². The van der Waals surface area contributed by atoms with Gasteiger partial charge in [0.1, 0.15) is 11.6 Å². The molecule has 0 radical (unpaired) electrons. The van der Waals surface area contributed by atoms with Crippen molar-refractivity contribution in [1.29, 1.82) is 0 Å². The van der Waals surface area contributed by atoms with Crippen LogP contribution in [0.1, 0.15) is 22.3 Å². The summed E-state index contributed by atoms with van der Waals surface area (Å²) >= 11 is 3.29. The molecule has 0 spiro atoms. The standard InChI is InChI=1S/C17H16BrFO/c1-11-3-4-13(7-12(11)2)8-16(20)10-14-9-15(18)5-6-17(14)19/h3-7,9H,8,10H2,1-2H3. The highest BCUT2D eigenvalue weighted by molar-refractivity contribution is 9.10. The predicted octanol–water partition coefficient (Wildman–Crippen LogP) is 4.56. The Kier molecular flexibility index (Phi) is 4.71. The zero-order chi connectivity index (χ0) is 14.7. The lowest BCUT2D eigenvalue weighted by Gasteiger charge is -2.06.